The van der Waals surface area contributed by atoms with Crippen molar-refractivity contribution >= 4 is 5.78 Å². The second-order valence-electron chi connectivity index (χ2n) is 4.46. The van der Waals surface area contributed by atoms with Gasteiger partial charge in [0.25, 0.3) is 0 Å². The van der Waals surface area contributed by atoms with Gasteiger partial charge in [-0.05, 0) is 37.3 Å². The van der Waals surface area contributed by atoms with Crippen molar-refractivity contribution in [2.75, 3.05) is 0 Å². The van der Waals surface area contributed by atoms with E-state index >= 15 is 0 Å². The summed E-state index contributed by atoms with van der Waals surface area (Å²) in [5, 5.41) is 0. The molecule has 1 aromatic carbocycles. The van der Waals surface area contributed by atoms with E-state index in [0.717, 1.165) is 19.3 Å². The number of rotatable bonds is 2. The first kappa shape index (κ1) is 10.3. The van der Waals surface area contributed by atoms with E-state index in [9.17, 15) is 9.18 Å². The molecule has 1 fully saturated rings. The Morgan fingerprint density at radius 3 is 2.67 bits per heavy atom. The molecule has 0 saturated heterocycles. The molecular weight excluding hydrogens is 191 g/mol. The highest BCUT2D eigenvalue weighted by Gasteiger charge is 2.29. The van der Waals surface area contributed by atoms with Crippen molar-refractivity contribution in [3.05, 3.63) is 35.6 Å². The first-order valence-corrected chi connectivity index (χ1v) is 5.47. The second kappa shape index (κ2) is 4.13. The molecule has 0 aliphatic heterocycles. The van der Waals surface area contributed by atoms with Crippen LogP contribution >= 0.6 is 0 Å². The summed E-state index contributed by atoms with van der Waals surface area (Å²) in [6, 6.07) is 6.27. The van der Waals surface area contributed by atoms with Gasteiger partial charge in [0, 0.05) is 5.92 Å². The van der Waals surface area contributed by atoms with Gasteiger partial charge in [0.2, 0.25) is 0 Å². The van der Waals surface area contributed by atoms with Crippen LogP contribution in [0.5, 0.6) is 0 Å². The number of hydrogen-bond acceptors (Lipinski definition) is 1. The third-order valence-electron chi connectivity index (χ3n) is 3.20. The van der Waals surface area contributed by atoms with Gasteiger partial charge in [0.1, 0.15) is 5.82 Å². The predicted octanol–water partition coefficient (Wildman–Crippen LogP) is 3.44. The molecule has 0 bridgehead atoms. The number of hydrogen-bond donors (Lipinski definition) is 0. The van der Waals surface area contributed by atoms with Crippen LogP contribution in [0.1, 0.15) is 36.5 Å². The van der Waals surface area contributed by atoms with Crippen LogP contribution in [-0.2, 0) is 0 Å². The summed E-state index contributed by atoms with van der Waals surface area (Å²) < 4.78 is 13.4. The van der Waals surface area contributed by atoms with Crippen LogP contribution in [0.15, 0.2) is 24.3 Å². The van der Waals surface area contributed by atoms with E-state index in [0.29, 0.717) is 5.92 Å². The van der Waals surface area contributed by atoms with E-state index in [1.54, 1.807) is 18.2 Å². The van der Waals surface area contributed by atoms with E-state index in [1.807, 2.05) is 0 Å². The highest BCUT2D eigenvalue weighted by atomic mass is 19.1. The highest BCUT2D eigenvalue weighted by Crippen LogP contribution is 2.33. The molecule has 1 aromatic rings. The molecule has 0 radical (unpaired) electrons. The molecule has 0 spiro atoms. The summed E-state index contributed by atoms with van der Waals surface area (Å²) in [6.07, 6.45) is 2.91. The Hall–Kier alpha value is -1.18. The molecule has 1 saturated carbocycles. The quantitative estimate of drug-likeness (QED) is 0.677. The van der Waals surface area contributed by atoms with Crippen LogP contribution in [0.3, 0.4) is 0 Å². The van der Waals surface area contributed by atoms with E-state index in [2.05, 4.69) is 6.92 Å². The SMILES string of the molecule is CC1CCC(C(=O)c2ccccc2F)C1. The molecule has 1 aliphatic rings. The van der Waals surface area contributed by atoms with Crippen LogP contribution in [-0.4, -0.2) is 5.78 Å². The lowest BCUT2D eigenvalue weighted by Crippen LogP contribution is -2.13. The van der Waals surface area contributed by atoms with Crippen molar-refractivity contribution in [2.45, 2.75) is 26.2 Å². The van der Waals surface area contributed by atoms with Crippen molar-refractivity contribution in [1.29, 1.82) is 0 Å². The summed E-state index contributed by atoms with van der Waals surface area (Å²) in [6.45, 7) is 2.15. The first-order valence-electron chi connectivity index (χ1n) is 5.47. The maximum Gasteiger partial charge on any atom is 0.168 e. The molecule has 2 atom stereocenters. The third-order valence-corrected chi connectivity index (χ3v) is 3.20. The van der Waals surface area contributed by atoms with Gasteiger partial charge in [-0.3, -0.25) is 4.79 Å². The van der Waals surface area contributed by atoms with Crippen LogP contribution in [0.25, 0.3) is 0 Å². The Bertz CT molecular complexity index is 373. The minimum atomic E-state index is -0.387. The Morgan fingerprint density at radius 2 is 2.07 bits per heavy atom. The predicted molar refractivity (Wildman–Crippen MR) is 57.2 cm³/mol. The average molecular weight is 206 g/mol. The van der Waals surface area contributed by atoms with Crippen molar-refractivity contribution in [3.8, 4) is 0 Å². The fourth-order valence-electron chi connectivity index (χ4n) is 2.33. The zero-order chi connectivity index (χ0) is 10.8. The molecule has 15 heavy (non-hydrogen) atoms. The van der Waals surface area contributed by atoms with E-state index in [-0.39, 0.29) is 23.1 Å². The van der Waals surface area contributed by atoms with Gasteiger partial charge in [-0.1, -0.05) is 19.1 Å². The molecule has 1 aliphatic carbocycles. The standard InChI is InChI=1S/C13H15FO/c1-9-6-7-10(8-9)13(15)11-4-2-3-5-12(11)14/h2-5,9-10H,6-8H2,1H3. The summed E-state index contributed by atoms with van der Waals surface area (Å²) in [5.74, 6) is 0.238. The lowest BCUT2D eigenvalue weighted by atomic mass is 9.95. The van der Waals surface area contributed by atoms with Gasteiger partial charge in [-0.15, -0.1) is 0 Å². The Morgan fingerprint density at radius 1 is 1.33 bits per heavy atom. The second-order valence-corrected chi connectivity index (χ2v) is 4.46. The van der Waals surface area contributed by atoms with Gasteiger partial charge in [0.05, 0.1) is 5.56 Å². The number of benzene rings is 1. The van der Waals surface area contributed by atoms with Gasteiger partial charge in [0.15, 0.2) is 5.78 Å². The van der Waals surface area contributed by atoms with Crippen LogP contribution in [0.4, 0.5) is 4.39 Å². The molecule has 0 aromatic heterocycles. The molecule has 2 rings (SSSR count). The van der Waals surface area contributed by atoms with E-state index in [1.165, 1.54) is 6.07 Å². The monoisotopic (exact) mass is 206 g/mol. The molecule has 2 heteroatoms. The maximum absolute atomic E-state index is 13.4. The molecule has 2 unspecified atom stereocenters. The molecule has 80 valence electrons. The molecule has 0 heterocycles. The number of ketones is 1. The van der Waals surface area contributed by atoms with Gasteiger partial charge in [-0.25, -0.2) is 4.39 Å². The van der Waals surface area contributed by atoms with Crippen molar-refractivity contribution in [1.82, 2.24) is 0 Å². The Balaban J connectivity index is 2.18. The molecular formula is C13H15FO. The molecule has 0 amide bonds. The lowest BCUT2D eigenvalue weighted by Gasteiger charge is -2.08. The van der Waals surface area contributed by atoms with Gasteiger partial charge >= 0.3 is 0 Å². The van der Waals surface area contributed by atoms with Gasteiger partial charge in [-0.2, -0.15) is 0 Å². The number of halogens is 1. The van der Waals surface area contributed by atoms with Crippen LogP contribution in [0, 0.1) is 17.7 Å². The zero-order valence-electron chi connectivity index (χ0n) is 8.87. The van der Waals surface area contributed by atoms with Crippen molar-refractivity contribution < 1.29 is 9.18 Å². The largest absolute Gasteiger partial charge is 0.294 e. The van der Waals surface area contributed by atoms with Gasteiger partial charge < -0.3 is 0 Å². The van der Waals surface area contributed by atoms with Crippen molar-refractivity contribution in [2.24, 2.45) is 11.8 Å². The summed E-state index contributed by atoms with van der Waals surface area (Å²) in [5.41, 5.74) is 0.261. The van der Waals surface area contributed by atoms with Crippen LogP contribution < -0.4 is 0 Å². The fraction of sp³-hybridized carbons (Fsp3) is 0.462. The van der Waals surface area contributed by atoms with E-state index in [4.69, 9.17) is 0 Å². The van der Waals surface area contributed by atoms with Crippen LogP contribution in [0.2, 0.25) is 0 Å². The fourth-order valence-corrected chi connectivity index (χ4v) is 2.33. The van der Waals surface area contributed by atoms with Crippen molar-refractivity contribution in [3.63, 3.8) is 0 Å². The Kier molecular flexibility index (Phi) is 2.85. The first-order chi connectivity index (χ1) is 7.18. The lowest BCUT2D eigenvalue weighted by molar-refractivity contribution is 0.0916. The maximum atomic E-state index is 13.4. The molecule has 0 N–H and O–H groups in total. The molecule has 1 nitrogen and oxygen atoms in total. The summed E-state index contributed by atoms with van der Waals surface area (Å²) in [7, 11) is 0. The minimum Gasteiger partial charge on any atom is -0.294 e. The zero-order valence-corrected chi connectivity index (χ0v) is 8.87. The number of carbonyl (C=O) groups is 1. The normalized spacial score (nSPS) is 25.5. The number of Topliss-reactive ketones (excluding diaryl/α,β-unsaturated/α-hetero) is 1. The Labute approximate surface area is 89.3 Å². The topological polar surface area (TPSA) is 17.1 Å². The summed E-state index contributed by atoms with van der Waals surface area (Å²) in [4.78, 5) is 12.0. The third kappa shape index (κ3) is 2.09. The smallest absolute Gasteiger partial charge is 0.168 e. The number of carbonyl (C=O) groups excluding carboxylic acids is 1. The van der Waals surface area contributed by atoms with E-state index < -0.39 is 0 Å². The highest BCUT2D eigenvalue weighted by molar-refractivity contribution is 5.98. The minimum absolute atomic E-state index is 0.0162. The summed E-state index contributed by atoms with van der Waals surface area (Å²) >= 11 is 0. The average Bonchev–Trinajstić information content (AvgIpc) is 2.65.